The van der Waals surface area contributed by atoms with Crippen molar-refractivity contribution in [3.63, 3.8) is 0 Å². The molecule has 0 bridgehead atoms. The molecule has 4 rings (SSSR count). The molecule has 2 aliphatic carbocycles. The average molecular weight is 374 g/mol. The highest BCUT2D eigenvalue weighted by atomic mass is 19.2. The van der Waals surface area contributed by atoms with Gasteiger partial charge in [0.05, 0.1) is 5.39 Å². The van der Waals surface area contributed by atoms with Crippen LogP contribution in [0.2, 0.25) is 0 Å². The summed E-state index contributed by atoms with van der Waals surface area (Å²) in [5, 5.41) is 0.248. The number of hydrogen-bond donors (Lipinski definition) is 0. The lowest BCUT2D eigenvalue weighted by Gasteiger charge is -2.42. The van der Waals surface area contributed by atoms with Gasteiger partial charge < -0.3 is 0 Å². The molecule has 2 aromatic carbocycles. The van der Waals surface area contributed by atoms with E-state index in [1.165, 1.54) is 44.6 Å². The molecule has 0 spiro atoms. The first-order chi connectivity index (χ1) is 13.1. The van der Waals surface area contributed by atoms with E-state index in [0.29, 0.717) is 16.9 Å². The topological polar surface area (TPSA) is 0 Å². The molecule has 2 saturated carbocycles. The van der Waals surface area contributed by atoms with Crippen molar-refractivity contribution >= 4 is 10.8 Å². The minimum absolute atomic E-state index is 0.0561. The summed E-state index contributed by atoms with van der Waals surface area (Å²) in [5.74, 6) is -0.251. The van der Waals surface area contributed by atoms with Crippen molar-refractivity contribution in [1.29, 1.82) is 0 Å². The molecule has 4 atom stereocenters. The Morgan fingerprint density at radius 3 is 2.52 bits per heavy atom. The molecule has 4 unspecified atom stereocenters. The zero-order chi connectivity index (χ0) is 19.0. The fourth-order valence-corrected chi connectivity index (χ4v) is 5.68. The van der Waals surface area contributed by atoms with Gasteiger partial charge in [-0.25, -0.2) is 13.2 Å². The third-order valence-corrected chi connectivity index (χ3v) is 7.15. The van der Waals surface area contributed by atoms with Crippen LogP contribution in [0.25, 0.3) is 10.8 Å². The summed E-state index contributed by atoms with van der Waals surface area (Å²) < 4.78 is 43.3. The molecule has 0 nitrogen and oxygen atoms in total. The molecular weight excluding hydrogens is 345 g/mol. The molecule has 0 aliphatic heterocycles. The largest absolute Gasteiger partial charge is 0.206 e. The SMILES string of the molecule is CCCCC1CCC2CC(c3cc4cccc(F)c4c(F)c3F)CCC2C1. The van der Waals surface area contributed by atoms with Crippen molar-refractivity contribution in [2.45, 2.75) is 70.6 Å². The number of halogens is 3. The number of fused-ring (bicyclic) bond motifs is 2. The Morgan fingerprint density at radius 2 is 1.70 bits per heavy atom. The summed E-state index contributed by atoms with van der Waals surface area (Å²) >= 11 is 0. The fraction of sp³-hybridized carbons (Fsp3) is 0.583. The fourth-order valence-electron chi connectivity index (χ4n) is 5.68. The second-order valence-electron chi connectivity index (χ2n) is 8.78. The first-order valence-corrected chi connectivity index (χ1v) is 10.6. The Hall–Kier alpha value is -1.51. The molecule has 146 valence electrons. The third-order valence-electron chi connectivity index (χ3n) is 7.15. The van der Waals surface area contributed by atoms with Crippen LogP contribution < -0.4 is 0 Å². The van der Waals surface area contributed by atoms with Crippen LogP contribution in [0.1, 0.15) is 76.2 Å². The maximum atomic E-state index is 14.8. The second kappa shape index (κ2) is 7.85. The van der Waals surface area contributed by atoms with Gasteiger partial charge in [0, 0.05) is 0 Å². The monoisotopic (exact) mass is 374 g/mol. The summed E-state index contributed by atoms with van der Waals surface area (Å²) in [6, 6.07) is 6.11. The second-order valence-corrected chi connectivity index (χ2v) is 8.78. The maximum Gasteiger partial charge on any atom is 0.169 e. The number of hydrogen-bond acceptors (Lipinski definition) is 0. The summed E-state index contributed by atoms with van der Waals surface area (Å²) in [5.41, 5.74) is 0.456. The van der Waals surface area contributed by atoms with Gasteiger partial charge in [0.1, 0.15) is 5.82 Å². The smallest absolute Gasteiger partial charge is 0.169 e. The van der Waals surface area contributed by atoms with E-state index in [-0.39, 0.29) is 11.3 Å². The molecule has 0 saturated heterocycles. The van der Waals surface area contributed by atoms with Gasteiger partial charge in [-0.15, -0.1) is 0 Å². The molecule has 0 N–H and O–H groups in total. The standard InChI is InChI=1S/C24H29F3/c1-2-3-5-15-8-9-17-13-18(11-10-16(17)12-15)20-14-19-6-4-7-21(25)22(19)24(27)23(20)26/h4,6-7,14-18H,2-3,5,8-13H2,1H3. The maximum absolute atomic E-state index is 14.8. The van der Waals surface area contributed by atoms with Gasteiger partial charge in [-0.05, 0) is 78.9 Å². The lowest BCUT2D eigenvalue weighted by molar-refractivity contribution is 0.112. The van der Waals surface area contributed by atoms with Crippen molar-refractivity contribution in [2.24, 2.45) is 17.8 Å². The summed E-state index contributed by atoms with van der Waals surface area (Å²) in [4.78, 5) is 0. The zero-order valence-corrected chi connectivity index (χ0v) is 16.1. The van der Waals surface area contributed by atoms with Gasteiger partial charge in [0.15, 0.2) is 11.6 Å². The lowest BCUT2D eigenvalue weighted by atomic mass is 9.63. The van der Waals surface area contributed by atoms with E-state index < -0.39 is 17.5 Å². The highest BCUT2D eigenvalue weighted by Crippen LogP contribution is 2.49. The molecule has 3 heteroatoms. The van der Waals surface area contributed by atoms with Crippen LogP contribution >= 0.6 is 0 Å². The molecule has 2 aliphatic rings. The van der Waals surface area contributed by atoms with E-state index in [4.69, 9.17) is 0 Å². The van der Waals surface area contributed by atoms with Crippen molar-refractivity contribution < 1.29 is 13.2 Å². The van der Waals surface area contributed by atoms with Gasteiger partial charge in [-0.2, -0.15) is 0 Å². The Morgan fingerprint density at radius 1 is 0.926 bits per heavy atom. The molecule has 2 aromatic rings. The minimum atomic E-state index is -1.02. The minimum Gasteiger partial charge on any atom is -0.206 e. The van der Waals surface area contributed by atoms with Crippen molar-refractivity contribution in [3.8, 4) is 0 Å². The van der Waals surface area contributed by atoms with Crippen molar-refractivity contribution in [2.75, 3.05) is 0 Å². The van der Waals surface area contributed by atoms with Crippen LogP contribution in [-0.4, -0.2) is 0 Å². The zero-order valence-electron chi connectivity index (χ0n) is 16.1. The van der Waals surface area contributed by atoms with E-state index in [9.17, 15) is 13.2 Å². The number of rotatable bonds is 4. The van der Waals surface area contributed by atoms with Gasteiger partial charge in [0.2, 0.25) is 0 Å². The Labute approximate surface area is 160 Å². The molecule has 0 heterocycles. The summed E-state index contributed by atoms with van der Waals surface area (Å²) in [6.07, 6.45) is 10.7. The van der Waals surface area contributed by atoms with Crippen molar-refractivity contribution in [3.05, 3.63) is 47.3 Å². The molecule has 0 amide bonds. The van der Waals surface area contributed by atoms with Crippen LogP contribution in [0.4, 0.5) is 13.2 Å². The molecule has 2 fully saturated rings. The third kappa shape index (κ3) is 3.62. The van der Waals surface area contributed by atoms with Crippen LogP contribution in [0.5, 0.6) is 0 Å². The predicted octanol–water partition coefficient (Wildman–Crippen LogP) is 7.75. The van der Waals surface area contributed by atoms with Crippen molar-refractivity contribution in [1.82, 2.24) is 0 Å². The summed E-state index contributed by atoms with van der Waals surface area (Å²) in [6.45, 7) is 2.25. The van der Waals surface area contributed by atoms with E-state index in [1.807, 2.05) is 0 Å². The molecule has 0 aromatic heterocycles. The van der Waals surface area contributed by atoms with Gasteiger partial charge in [0.25, 0.3) is 0 Å². The first kappa shape index (κ1) is 18.8. The normalized spacial score (nSPS) is 28.3. The summed E-state index contributed by atoms with van der Waals surface area (Å²) in [7, 11) is 0. The van der Waals surface area contributed by atoms with Crippen LogP contribution in [-0.2, 0) is 0 Å². The molecule has 0 radical (unpaired) electrons. The van der Waals surface area contributed by atoms with Crippen LogP contribution in [0.3, 0.4) is 0 Å². The molecule has 27 heavy (non-hydrogen) atoms. The Kier molecular flexibility index (Phi) is 5.48. The Bertz CT molecular complexity index is 813. The van der Waals surface area contributed by atoms with Crippen LogP contribution in [0.15, 0.2) is 24.3 Å². The first-order valence-electron chi connectivity index (χ1n) is 10.6. The predicted molar refractivity (Wildman–Crippen MR) is 104 cm³/mol. The highest BCUT2D eigenvalue weighted by Gasteiger charge is 2.37. The Balaban J connectivity index is 1.54. The highest BCUT2D eigenvalue weighted by molar-refractivity contribution is 5.84. The quantitative estimate of drug-likeness (QED) is 0.513. The van der Waals surface area contributed by atoms with E-state index in [0.717, 1.165) is 31.1 Å². The van der Waals surface area contributed by atoms with Gasteiger partial charge in [-0.1, -0.05) is 44.7 Å². The van der Waals surface area contributed by atoms with Crippen LogP contribution in [0, 0.1) is 35.2 Å². The number of benzene rings is 2. The molecular formula is C24H29F3. The van der Waals surface area contributed by atoms with E-state index >= 15 is 0 Å². The van der Waals surface area contributed by atoms with E-state index in [2.05, 4.69) is 6.92 Å². The van der Waals surface area contributed by atoms with Gasteiger partial charge >= 0.3 is 0 Å². The van der Waals surface area contributed by atoms with E-state index in [1.54, 1.807) is 18.2 Å². The lowest BCUT2D eigenvalue weighted by Crippen LogP contribution is -2.30. The van der Waals surface area contributed by atoms with Gasteiger partial charge in [-0.3, -0.25) is 0 Å². The number of unbranched alkanes of at least 4 members (excludes halogenated alkanes) is 1. The average Bonchev–Trinajstić information content (AvgIpc) is 2.68.